The first kappa shape index (κ1) is 19.4. The van der Waals surface area contributed by atoms with Crippen LogP contribution in [-0.4, -0.2) is 41.0 Å². The van der Waals surface area contributed by atoms with Crippen LogP contribution in [0.3, 0.4) is 0 Å². The minimum Gasteiger partial charge on any atom is -0.495 e. The fourth-order valence-corrected chi connectivity index (χ4v) is 3.34. The van der Waals surface area contributed by atoms with E-state index < -0.39 is 0 Å². The average Bonchev–Trinajstić information content (AvgIpc) is 2.64. The molecule has 2 aromatic rings. The summed E-state index contributed by atoms with van der Waals surface area (Å²) in [5, 5.41) is 3.86. The molecule has 0 saturated carbocycles. The summed E-state index contributed by atoms with van der Waals surface area (Å²) in [5.41, 5.74) is 2.07. The van der Waals surface area contributed by atoms with E-state index in [0.29, 0.717) is 34.0 Å². The van der Waals surface area contributed by atoms with Crippen LogP contribution in [0.2, 0.25) is 5.02 Å². The number of carbonyl (C=O) groups is 1. The molecule has 1 aromatic carbocycles. The third-order valence-corrected chi connectivity index (χ3v) is 5.28. The van der Waals surface area contributed by atoms with Crippen molar-refractivity contribution in [3.05, 3.63) is 40.3 Å². The van der Waals surface area contributed by atoms with Gasteiger partial charge in [-0.15, -0.1) is 0 Å². The Morgan fingerprint density at radius 1 is 1.22 bits per heavy atom. The number of anilines is 2. The number of rotatable bonds is 4. The first-order chi connectivity index (χ1) is 12.9. The molecule has 0 atom stereocenters. The maximum Gasteiger partial charge on any atom is 0.272 e. The molecule has 1 aliphatic heterocycles. The summed E-state index contributed by atoms with van der Waals surface area (Å²) in [6.45, 7) is 7.47. The summed E-state index contributed by atoms with van der Waals surface area (Å²) in [6.07, 6.45) is 2.06. The minimum absolute atomic E-state index is 0.0466. The van der Waals surface area contributed by atoms with Gasteiger partial charge < -0.3 is 15.0 Å². The van der Waals surface area contributed by atoms with Crippen molar-refractivity contribution in [2.45, 2.75) is 33.6 Å². The highest BCUT2D eigenvalue weighted by atomic mass is 35.5. The normalized spacial score (nSPS) is 14.9. The van der Waals surface area contributed by atoms with Gasteiger partial charge >= 0.3 is 0 Å². The SMILES string of the molecule is COc1cc(Cl)c(C)cc1Nc1cc(C(=O)N2CCC(C)CC2)nc(C)n1. The maximum atomic E-state index is 12.9. The molecule has 1 aromatic heterocycles. The highest BCUT2D eigenvalue weighted by molar-refractivity contribution is 6.31. The fraction of sp³-hybridized carbons (Fsp3) is 0.450. The molecule has 1 aliphatic rings. The number of carbonyl (C=O) groups excluding carboxylic acids is 1. The van der Waals surface area contributed by atoms with Gasteiger partial charge in [-0.3, -0.25) is 4.79 Å². The molecule has 0 radical (unpaired) electrons. The van der Waals surface area contributed by atoms with E-state index in [2.05, 4.69) is 22.2 Å². The molecule has 7 heteroatoms. The van der Waals surface area contributed by atoms with E-state index >= 15 is 0 Å². The van der Waals surface area contributed by atoms with E-state index in [1.807, 2.05) is 17.9 Å². The zero-order valence-electron chi connectivity index (χ0n) is 16.2. The van der Waals surface area contributed by atoms with E-state index in [1.54, 1.807) is 26.2 Å². The lowest BCUT2D eigenvalue weighted by Gasteiger charge is -2.30. The largest absolute Gasteiger partial charge is 0.495 e. The van der Waals surface area contributed by atoms with Gasteiger partial charge in [0.1, 0.15) is 23.1 Å². The summed E-state index contributed by atoms with van der Waals surface area (Å²) in [4.78, 5) is 23.5. The number of nitrogens with zero attached hydrogens (tertiary/aromatic N) is 3. The molecule has 3 rings (SSSR count). The Labute approximate surface area is 164 Å². The number of likely N-dealkylation sites (tertiary alicyclic amines) is 1. The van der Waals surface area contributed by atoms with Crippen molar-refractivity contribution in [2.24, 2.45) is 5.92 Å². The van der Waals surface area contributed by atoms with Crippen molar-refractivity contribution in [1.82, 2.24) is 14.9 Å². The number of aromatic nitrogens is 2. The van der Waals surface area contributed by atoms with Crippen molar-refractivity contribution in [3.63, 3.8) is 0 Å². The number of nitrogens with one attached hydrogen (secondary N) is 1. The van der Waals surface area contributed by atoms with E-state index in [0.717, 1.165) is 37.2 Å². The zero-order valence-corrected chi connectivity index (χ0v) is 16.9. The Kier molecular flexibility index (Phi) is 5.85. The van der Waals surface area contributed by atoms with Gasteiger partial charge in [0.2, 0.25) is 0 Å². The second-order valence-electron chi connectivity index (χ2n) is 7.09. The van der Waals surface area contributed by atoms with Crippen LogP contribution < -0.4 is 10.1 Å². The van der Waals surface area contributed by atoms with Gasteiger partial charge in [-0.05, 0) is 44.2 Å². The average molecular weight is 389 g/mol. The Bertz CT molecular complexity index is 848. The monoisotopic (exact) mass is 388 g/mol. The molecule has 1 saturated heterocycles. The van der Waals surface area contributed by atoms with Crippen LogP contribution in [-0.2, 0) is 0 Å². The Morgan fingerprint density at radius 3 is 2.59 bits per heavy atom. The van der Waals surface area contributed by atoms with E-state index in [-0.39, 0.29) is 5.91 Å². The second kappa shape index (κ2) is 8.13. The zero-order chi connectivity index (χ0) is 19.6. The third kappa shape index (κ3) is 4.50. The molecule has 0 spiro atoms. The third-order valence-electron chi connectivity index (χ3n) is 4.87. The molecule has 27 heavy (non-hydrogen) atoms. The predicted octanol–water partition coefficient (Wildman–Crippen LogP) is 4.37. The van der Waals surface area contributed by atoms with Crippen LogP contribution in [0.1, 0.15) is 41.6 Å². The van der Waals surface area contributed by atoms with Gasteiger partial charge in [0.05, 0.1) is 12.8 Å². The molecule has 6 nitrogen and oxygen atoms in total. The number of methoxy groups -OCH3 is 1. The van der Waals surface area contributed by atoms with Crippen molar-refractivity contribution in [3.8, 4) is 5.75 Å². The molecule has 144 valence electrons. The summed E-state index contributed by atoms with van der Waals surface area (Å²) in [5.74, 6) is 2.32. The molecule has 1 fully saturated rings. The van der Waals surface area contributed by atoms with E-state index in [9.17, 15) is 4.79 Å². The summed E-state index contributed by atoms with van der Waals surface area (Å²) in [6, 6.07) is 5.34. The number of hydrogen-bond acceptors (Lipinski definition) is 5. The number of benzene rings is 1. The summed E-state index contributed by atoms with van der Waals surface area (Å²) in [7, 11) is 1.59. The number of halogens is 1. The molecule has 0 bridgehead atoms. The molecule has 0 aliphatic carbocycles. The first-order valence-electron chi connectivity index (χ1n) is 9.13. The molecule has 0 unspecified atom stereocenters. The van der Waals surface area contributed by atoms with Crippen LogP contribution in [0.15, 0.2) is 18.2 Å². The van der Waals surface area contributed by atoms with Gasteiger partial charge in [0.25, 0.3) is 5.91 Å². The van der Waals surface area contributed by atoms with Gasteiger partial charge in [-0.2, -0.15) is 0 Å². The van der Waals surface area contributed by atoms with Gasteiger partial charge in [0, 0.05) is 30.2 Å². The number of ether oxygens (including phenoxy) is 1. The van der Waals surface area contributed by atoms with Crippen LogP contribution in [0, 0.1) is 19.8 Å². The van der Waals surface area contributed by atoms with Crippen LogP contribution in [0.5, 0.6) is 5.75 Å². The second-order valence-corrected chi connectivity index (χ2v) is 7.49. The van der Waals surface area contributed by atoms with Crippen molar-refractivity contribution >= 4 is 29.0 Å². The van der Waals surface area contributed by atoms with E-state index in [4.69, 9.17) is 16.3 Å². The van der Waals surface area contributed by atoms with Crippen LogP contribution in [0.4, 0.5) is 11.5 Å². The summed E-state index contributed by atoms with van der Waals surface area (Å²) >= 11 is 6.17. The number of amides is 1. The molecular formula is C20H25ClN4O2. The highest BCUT2D eigenvalue weighted by Crippen LogP contribution is 2.32. The van der Waals surface area contributed by atoms with Crippen molar-refractivity contribution < 1.29 is 9.53 Å². The highest BCUT2D eigenvalue weighted by Gasteiger charge is 2.23. The lowest BCUT2D eigenvalue weighted by atomic mass is 9.99. The quantitative estimate of drug-likeness (QED) is 0.842. The fourth-order valence-electron chi connectivity index (χ4n) is 3.18. The van der Waals surface area contributed by atoms with Crippen molar-refractivity contribution in [2.75, 3.05) is 25.5 Å². The molecular weight excluding hydrogens is 364 g/mol. The van der Waals surface area contributed by atoms with Gasteiger partial charge in [-0.1, -0.05) is 18.5 Å². The van der Waals surface area contributed by atoms with Crippen LogP contribution in [0.25, 0.3) is 0 Å². The van der Waals surface area contributed by atoms with Crippen molar-refractivity contribution in [1.29, 1.82) is 0 Å². The number of aryl methyl sites for hydroxylation is 2. The van der Waals surface area contributed by atoms with E-state index in [1.165, 1.54) is 0 Å². The Hall–Kier alpha value is -2.34. The summed E-state index contributed by atoms with van der Waals surface area (Å²) < 4.78 is 5.40. The van der Waals surface area contributed by atoms with Crippen LogP contribution >= 0.6 is 11.6 Å². The first-order valence-corrected chi connectivity index (χ1v) is 9.51. The number of piperidine rings is 1. The Morgan fingerprint density at radius 2 is 1.93 bits per heavy atom. The minimum atomic E-state index is -0.0466. The topological polar surface area (TPSA) is 67.3 Å². The number of hydrogen-bond donors (Lipinski definition) is 1. The lowest BCUT2D eigenvalue weighted by Crippen LogP contribution is -2.38. The molecule has 2 heterocycles. The maximum absolute atomic E-state index is 12.9. The molecule has 1 N–H and O–H groups in total. The van der Waals surface area contributed by atoms with Gasteiger partial charge in [-0.25, -0.2) is 9.97 Å². The Balaban J connectivity index is 1.86. The van der Waals surface area contributed by atoms with Gasteiger partial charge in [0.15, 0.2) is 0 Å². The lowest BCUT2D eigenvalue weighted by molar-refractivity contribution is 0.0691. The standard InChI is InChI=1S/C20H25ClN4O2/c1-12-5-7-25(8-6-12)20(26)17-11-19(23-14(3)22-17)24-16-9-13(2)15(21)10-18(16)27-4/h9-12H,5-8H2,1-4H3,(H,22,23,24). The smallest absolute Gasteiger partial charge is 0.272 e. The predicted molar refractivity (Wildman–Crippen MR) is 107 cm³/mol. The molecule has 1 amide bonds.